The fourth-order valence-electron chi connectivity index (χ4n) is 2.82. The van der Waals surface area contributed by atoms with Crippen molar-refractivity contribution in [3.63, 3.8) is 0 Å². The van der Waals surface area contributed by atoms with E-state index in [4.69, 9.17) is 0 Å². The minimum atomic E-state index is -3.77. The molecule has 0 fully saturated rings. The van der Waals surface area contributed by atoms with Crippen molar-refractivity contribution in [1.82, 2.24) is 0 Å². The number of amides is 1. The number of benzene rings is 3. The van der Waals surface area contributed by atoms with E-state index >= 15 is 0 Å². The lowest BCUT2D eigenvalue weighted by molar-refractivity contribution is -0.114. The predicted octanol–water partition coefficient (Wildman–Crippen LogP) is 3.93. The summed E-state index contributed by atoms with van der Waals surface area (Å²) in [5.74, 6) is -0.250. The average molecular weight is 368 g/mol. The lowest BCUT2D eigenvalue weighted by atomic mass is 10.1. The van der Waals surface area contributed by atoms with E-state index in [-0.39, 0.29) is 10.8 Å². The Morgan fingerprint density at radius 3 is 2.35 bits per heavy atom. The first-order chi connectivity index (χ1) is 12.3. The number of fused-ring (bicyclic) bond motifs is 1. The predicted molar refractivity (Wildman–Crippen MR) is 105 cm³/mol. The van der Waals surface area contributed by atoms with E-state index in [1.165, 1.54) is 24.3 Å². The Bertz CT molecular complexity index is 1090. The van der Waals surface area contributed by atoms with Crippen molar-refractivity contribution >= 4 is 38.1 Å². The molecule has 0 saturated carbocycles. The Balaban J connectivity index is 2.04. The van der Waals surface area contributed by atoms with Crippen molar-refractivity contribution in [2.75, 3.05) is 16.7 Å². The van der Waals surface area contributed by atoms with Crippen LogP contribution < -0.4 is 9.62 Å². The van der Waals surface area contributed by atoms with Crippen LogP contribution in [0.5, 0.6) is 0 Å². The number of nitrogens with one attached hydrogen (secondary N) is 1. The van der Waals surface area contributed by atoms with Crippen LogP contribution in [-0.4, -0.2) is 21.4 Å². The zero-order chi connectivity index (χ0) is 18.9. The summed E-state index contributed by atoms with van der Waals surface area (Å²) in [6, 6.07) is 18.2. The van der Waals surface area contributed by atoms with E-state index in [0.717, 1.165) is 10.8 Å². The molecular formula is C20H20N2O3S. The second kappa shape index (κ2) is 6.80. The molecule has 0 atom stereocenters. The van der Waals surface area contributed by atoms with Gasteiger partial charge >= 0.3 is 0 Å². The van der Waals surface area contributed by atoms with Crippen molar-refractivity contribution in [1.29, 1.82) is 0 Å². The molecule has 0 aliphatic heterocycles. The lowest BCUT2D eigenvalue weighted by Gasteiger charge is -2.21. The van der Waals surface area contributed by atoms with Gasteiger partial charge < -0.3 is 5.32 Å². The van der Waals surface area contributed by atoms with Crippen LogP contribution in [0.25, 0.3) is 10.8 Å². The Morgan fingerprint density at radius 1 is 0.962 bits per heavy atom. The third-order valence-electron chi connectivity index (χ3n) is 4.24. The van der Waals surface area contributed by atoms with Gasteiger partial charge in [-0.3, -0.25) is 9.10 Å². The molecule has 0 heterocycles. The van der Waals surface area contributed by atoms with Gasteiger partial charge in [0.2, 0.25) is 5.91 Å². The molecule has 0 saturated heterocycles. The molecule has 0 unspecified atom stereocenters. The summed E-state index contributed by atoms with van der Waals surface area (Å²) in [7, 11) is -2.24. The molecule has 0 spiro atoms. The van der Waals surface area contributed by atoms with Gasteiger partial charge in [-0.15, -0.1) is 0 Å². The second-order valence-corrected chi connectivity index (χ2v) is 8.10. The zero-order valence-corrected chi connectivity index (χ0v) is 15.7. The standard InChI is InChI=1S/C20H20N2O3S/c1-14-8-10-18(21-15(2)23)13-20(14)26(24,25)22(3)19-11-9-16-6-4-5-7-17(16)12-19/h4-13H,1-3H3,(H,21,23). The molecule has 3 aromatic carbocycles. The van der Waals surface area contributed by atoms with Crippen molar-refractivity contribution in [3.8, 4) is 0 Å². The molecule has 134 valence electrons. The number of nitrogens with zero attached hydrogens (tertiary/aromatic N) is 1. The van der Waals surface area contributed by atoms with Crippen molar-refractivity contribution < 1.29 is 13.2 Å². The maximum Gasteiger partial charge on any atom is 0.264 e. The molecule has 0 aromatic heterocycles. The maximum atomic E-state index is 13.1. The van der Waals surface area contributed by atoms with Crippen molar-refractivity contribution in [2.24, 2.45) is 0 Å². The molecule has 1 N–H and O–H groups in total. The van der Waals surface area contributed by atoms with E-state index in [1.807, 2.05) is 36.4 Å². The normalized spacial score (nSPS) is 11.3. The number of carbonyl (C=O) groups excluding carboxylic acids is 1. The fourth-order valence-corrected chi connectivity index (χ4v) is 4.25. The highest BCUT2D eigenvalue weighted by Crippen LogP contribution is 2.28. The van der Waals surface area contributed by atoms with Gasteiger partial charge in [0.15, 0.2) is 0 Å². The summed E-state index contributed by atoms with van der Waals surface area (Å²) >= 11 is 0. The molecular weight excluding hydrogens is 348 g/mol. The fraction of sp³-hybridized carbons (Fsp3) is 0.150. The van der Waals surface area contributed by atoms with Crippen LogP contribution in [0.2, 0.25) is 0 Å². The third kappa shape index (κ3) is 3.41. The van der Waals surface area contributed by atoms with E-state index in [2.05, 4.69) is 5.32 Å². The largest absolute Gasteiger partial charge is 0.326 e. The highest BCUT2D eigenvalue weighted by molar-refractivity contribution is 7.92. The summed E-state index contributed by atoms with van der Waals surface area (Å²) in [5.41, 5.74) is 1.65. The van der Waals surface area contributed by atoms with Crippen LogP contribution >= 0.6 is 0 Å². The van der Waals surface area contributed by atoms with E-state index in [0.29, 0.717) is 16.9 Å². The van der Waals surface area contributed by atoms with Gasteiger partial charge in [0, 0.05) is 19.7 Å². The summed E-state index contributed by atoms with van der Waals surface area (Å²) in [4.78, 5) is 11.4. The van der Waals surface area contributed by atoms with Crippen LogP contribution in [0.4, 0.5) is 11.4 Å². The van der Waals surface area contributed by atoms with E-state index in [1.54, 1.807) is 25.1 Å². The molecule has 0 aliphatic carbocycles. The minimum absolute atomic E-state index is 0.166. The molecule has 1 amide bonds. The second-order valence-electron chi connectivity index (χ2n) is 6.17. The van der Waals surface area contributed by atoms with Crippen molar-refractivity contribution in [2.45, 2.75) is 18.7 Å². The first-order valence-corrected chi connectivity index (χ1v) is 9.59. The van der Waals surface area contributed by atoms with Crippen LogP contribution in [0.3, 0.4) is 0 Å². The summed E-state index contributed by atoms with van der Waals surface area (Å²) < 4.78 is 27.5. The Labute approximate surface area is 153 Å². The maximum absolute atomic E-state index is 13.1. The zero-order valence-electron chi connectivity index (χ0n) is 14.9. The number of anilines is 2. The number of hydrogen-bond donors (Lipinski definition) is 1. The number of sulfonamides is 1. The van der Waals surface area contributed by atoms with Gasteiger partial charge in [-0.05, 0) is 47.5 Å². The number of hydrogen-bond acceptors (Lipinski definition) is 3. The van der Waals surface area contributed by atoms with Gasteiger partial charge in [-0.25, -0.2) is 8.42 Å². The topological polar surface area (TPSA) is 66.5 Å². The Kier molecular flexibility index (Phi) is 4.70. The highest BCUT2D eigenvalue weighted by atomic mass is 32.2. The quantitative estimate of drug-likeness (QED) is 0.759. The van der Waals surface area contributed by atoms with Gasteiger partial charge in [0.05, 0.1) is 10.6 Å². The summed E-state index contributed by atoms with van der Waals surface area (Å²) in [5, 5.41) is 4.64. The minimum Gasteiger partial charge on any atom is -0.326 e. The molecule has 26 heavy (non-hydrogen) atoms. The third-order valence-corrected chi connectivity index (χ3v) is 6.17. The van der Waals surface area contributed by atoms with Crippen LogP contribution in [0.15, 0.2) is 65.6 Å². The van der Waals surface area contributed by atoms with Gasteiger partial charge in [0.1, 0.15) is 0 Å². The molecule has 0 radical (unpaired) electrons. The molecule has 6 heteroatoms. The first kappa shape index (κ1) is 17.9. The van der Waals surface area contributed by atoms with Crippen molar-refractivity contribution in [3.05, 3.63) is 66.2 Å². The van der Waals surface area contributed by atoms with E-state index in [9.17, 15) is 13.2 Å². The number of carbonyl (C=O) groups is 1. The highest BCUT2D eigenvalue weighted by Gasteiger charge is 2.24. The number of aryl methyl sites for hydroxylation is 1. The van der Waals surface area contributed by atoms with E-state index < -0.39 is 10.0 Å². The molecule has 3 aromatic rings. The lowest BCUT2D eigenvalue weighted by Crippen LogP contribution is -2.27. The average Bonchev–Trinajstić information content (AvgIpc) is 2.61. The molecule has 5 nitrogen and oxygen atoms in total. The van der Waals surface area contributed by atoms with Crippen LogP contribution in [0, 0.1) is 6.92 Å². The van der Waals surface area contributed by atoms with Gasteiger partial charge in [-0.1, -0.05) is 36.4 Å². The smallest absolute Gasteiger partial charge is 0.264 e. The SMILES string of the molecule is CC(=O)Nc1ccc(C)c(S(=O)(=O)N(C)c2ccc3ccccc3c2)c1. The van der Waals surface area contributed by atoms with Gasteiger partial charge in [-0.2, -0.15) is 0 Å². The monoisotopic (exact) mass is 368 g/mol. The molecule has 3 rings (SSSR count). The summed E-state index contributed by atoms with van der Waals surface area (Å²) in [6.07, 6.45) is 0. The summed E-state index contributed by atoms with van der Waals surface area (Å²) in [6.45, 7) is 3.12. The molecule has 0 bridgehead atoms. The van der Waals surface area contributed by atoms with Crippen LogP contribution in [-0.2, 0) is 14.8 Å². The first-order valence-electron chi connectivity index (χ1n) is 8.15. The van der Waals surface area contributed by atoms with Gasteiger partial charge in [0.25, 0.3) is 10.0 Å². The Morgan fingerprint density at radius 2 is 1.65 bits per heavy atom. The molecule has 0 aliphatic rings. The number of rotatable bonds is 4. The Hall–Kier alpha value is -2.86. The van der Waals surface area contributed by atoms with Crippen LogP contribution in [0.1, 0.15) is 12.5 Å².